The maximum atomic E-state index is 12.9. The number of hydrogen-bond acceptors (Lipinski definition) is 4. The number of amides is 1. The average Bonchev–Trinajstić information content (AvgIpc) is 3.08. The number of carbonyl (C=O) groups excluding carboxylic acids is 1. The van der Waals surface area contributed by atoms with Crippen LogP contribution >= 0.6 is 0 Å². The lowest BCUT2D eigenvalue weighted by molar-refractivity contribution is 0.0518. The standard InChI is InChI=1S/C16H20N2O3/c1-10-6-7-18(13(9-10)14-5-4-8-20-14)16(19)15-11(2)17-21-12(15)3/h4-5,8,10,13H,6-7,9H2,1-3H3. The smallest absolute Gasteiger partial charge is 0.259 e. The van der Waals surface area contributed by atoms with Crippen molar-refractivity contribution in [2.24, 2.45) is 5.92 Å². The van der Waals surface area contributed by atoms with Gasteiger partial charge in [0.2, 0.25) is 0 Å². The van der Waals surface area contributed by atoms with Crippen molar-refractivity contribution in [1.29, 1.82) is 0 Å². The van der Waals surface area contributed by atoms with E-state index < -0.39 is 0 Å². The highest BCUT2D eigenvalue weighted by Crippen LogP contribution is 2.35. The van der Waals surface area contributed by atoms with Gasteiger partial charge in [-0.1, -0.05) is 12.1 Å². The van der Waals surface area contributed by atoms with Gasteiger partial charge in [-0.15, -0.1) is 0 Å². The van der Waals surface area contributed by atoms with Gasteiger partial charge in [-0.05, 0) is 44.7 Å². The molecule has 5 heteroatoms. The second-order valence-electron chi connectivity index (χ2n) is 5.86. The lowest BCUT2D eigenvalue weighted by Crippen LogP contribution is -2.40. The molecule has 1 saturated heterocycles. The van der Waals surface area contributed by atoms with E-state index >= 15 is 0 Å². The van der Waals surface area contributed by atoms with E-state index in [4.69, 9.17) is 8.94 Å². The number of aryl methyl sites for hydroxylation is 2. The van der Waals surface area contributed by atoms with Crippen molar-refractivity contribution < 1.29 is 13.7 Å². The van der Waals surface area contributed by atoms with Crippen LogP contribution in [0.15, 0.2) is 27.3 Å². The second kappa shape index (κ2) is 5.39. The fraction of sp³-hybridized carbons (Fsp3) is 0.500. The average molecular weight is 288 g/mol. The molecule has 1 aliphatic rings. The Morgan fingerprint density at radius 1 is 1.43 bits per heavy atom. The molecule has 0 N–H and O–H groups in total. The quantitative estimate of drug-likeness (QED) is 0.848. The molecule has 2 aromatic rings. The molecular formula is C16H20N2O3. The van der Waals surface area contributed by atoms with Gasteiger partial charge in [-0.3, -0.25) is 4.79 Å². The van der Waals surface area contributed by atoms with E-state index in [0.717, 1.165) is 25.1 Å². The SMILES string of the molecule is Cc1noc(C)c1C(=O)N1CCC(C)CC1c1ccco1. The van der Waals surface area contributed by atoms with Gasteiger partial charge in [-0.25, -0.2) is 0 Å². The van der Waals surface area contributed by atoms with Crippen molar-refractivity contribution in [1.82, 2.24) is 10.1 Å². The second-order valence-corrected chi connectivity index (χ2v) is 5.86. The molecule has 2 aromatic heterocycles. The minimum atomic E-state index is -0.0143. The highest BCUT2D eigenvalue weighted by molar-refractivity contribution is 5.96. The van der Waals surface area contributed by atoms with Crippen molar-refractivity contribution in [3.8, 4) is 0 Å². The lowest BCUT2D eigenvalue weighted by Gasteiger charge is -2.37. The summed E-state index contributed by atoms with van der Waals surface area (Å²) in [6, 6.07) is 3.80. The molecule has 21 heavy (non-hydrogen) atoms. The van der Waals surface area contributed by atoms with Gasteiger partial charge in [0, 0.05) is 6.54 Å². The summed E-state index contributed by atoms with van der Waals surface area (Å²) in [6.07, 6.45) is 3.59. The predicted octanol–water partition coefficient (Wildman–Crippen LogP) is 3.50. The zero-order valence-electron chi connectivity index (χ0n) is 12.6. The first-order chi connectivity index (χ1) is 10.1. The number of hydrogen-bond donors (Lipinski definition) is 0. The van der Waals surface area contributed by atoms with Crippen LogP contribution in [0.2, 0.25) is 0 Å². The summed E-state index contributed by atoms with van der Waals surface area (Å²) in [7, 11) is 0. The van der Waals surface area contributed by atoms with E-state index in [1.54, 1.807) is 20.1 Å². The predicted molar refractivity (Wildman–Crippen MR) is 76.9 cm³/mol. The van der Waals surface area contributed by atoms with Gasteiger partial charge in [0.05, 0.1) is 18.0 Å². The zero-order chi connectivity index (χ0) is 15.0. The van der Waals surface area contributed by atoms with Crippen LogP contribution in [-0.4, -0.2) is 22.5 Å². The van der Waals surface area contributed by atoms with Crippen LogP contribution in [0.1, 0.15) is 53.4 Å². The van der Waals surface area contributed by atoms with Gasteiger partial charge < -0.3 is 13.8 Å². The first-order valence-electron chi connectivity index (χ1n) is 7.35. The third kappa shape index (κ3) is 2.48. The summed E-state index contributed by atoms with van der Waals surface area (Å²) < 4.78 is 10.7. The van der Waals surface area contributed by atoms with Crippen LogP contribution in [0, 0.1) is 19.8 Å². The van der Waals surface area contributed by atoms with Crippen molar-refractivity contribution in [2.75, 3.05) is 6.54 Å². The Hall–Kier alpha value is -2.04. The summed E-state index contributed by atoms with van der Waals surface area (Å²) in [6.45, 7) is 6.53. The number of furan rings is 1. The number of rotatable bonds is 2. The number of piperidine rings is 1. The van der Waals surface area contributed by atoms with Gasteiger partial charge in [0.25, 0.3) is 5.91 Å². The fourth-order valence-corrected chi connectivity index (χ4v) is 3.07. The minimum Gasteiger partial charge on any atom is -0.467 e. The van der Waals surface area contributed by atoms with Crippen LogP contribution < -0.4 is 0 Å². The molecule has 0 radical (unpaired) electrons. The Morgan fingerprint density at radius 3 is 2.86 bits per heavy atom. The molecule has 0 saturated carbocycles. The highest BCUT2D eigenvalue weighted by atomic mass is 16.5. The molecule has 112 valence electrons. The summed E-state index contributed by atoms with van der Waals surface area (Å²) in [5.74, 6) is 1.99. The van der Waals surface area contributed by atoms with Crippen LogP contribution in [-0.2, 0) is 0 Å². The van der Waals surface area contributed by atoms with Crippen molar-refractivity contribution in [3.05, 3.63) is 41.2 Å². The highest BCUT2D eigenvalue weighted by Gasteiger charge is 2.35. The first kappa shape index (κ1) is 13.9. The van der Waals surface area contributed by atoms with E-state index in [2.05, 4.69) is 12.1 Å². The van der Waals surface area contributed by atoms with Crippen molar-refractivity contribution >= 4 is 5.91 Å². The molecule has 0 aromatic carbocycles. The molecular weight excluding hydrogens is 268 g/mol. The molecule has 3 heterocycles. The summed E-state index contributed by atoms with van der Waals surface area (Å²) in [5.41, 5.74) is 1.23. The molecule has 1 fully saturated rings. The molecule has 3 rings (SSSR count). The van der Waals surface area contributed by atoms with Gasteiger partial charge >= 0.3 is 0 Å². The third-order valence-corrected chi connectivity index (χ3v) is 4.24. The monoisotopic (exact) mass is 288 g/mol. The number of likely N-dealkylation sites (tertiary alicyclic amines) is 1. The van der Waals surface area contributed by atoms with Crippen molar-refractivity contribution in [3.63, 3.8) is 0 Å². The summed E-state index contributed by atoms with van der Waals surface area (Å²) >= 11 is 0. The number of aromatic nitrogens is 1. The third-order valence-electron chi connectivity index (χ3n) is 4.24. The van der Waals surface area contributed by atoms with E-state index in [0.29, 0.717) is 22.9 Å². The Balaban J connectivity index is 1.93. The lowest BCUT2D eigenvalue weighted by atomic mass is 9.90. The molecule has 0 aliphatic carbocycles. The Morgan fingerprint density at radius 2 is 2.24 bits per heavy atom. The molecule has 1 aliphatic heterocycles. The largest absolute Gasteiger partial charge is 0.467 e. The van der Waals surface area contributed by atoms with Crippen LogP contribution in [0.3, 0.4) is 0 Å². The maximum absolute atomic E-state index is 12.9. The van der Waals surface area contributed by atoms with Crippen LogP contribution in [0.25, 0.3) is 0 Å². The molecule has 2 atom stereocenters. The normalized spacial score (nSPS) is 22.5. The van der Waals surface area contributed by atoms with Crippen LogP contribution in [0.5, 0.6) is 0 Å². The van der Waals surface area contributed by atoms with Crippen molar-refractivity contribution in [2.45, 2.75) is 39.7 Å². The fourth-order valence-electron chi connectivity index (χ4n) is 3.07. The summed E-state index contributed by atoms with van der Waals surface area (Å²) in [4.78, 5) is 14.8. The molecule has 0 spiro atoms. The Kier molecular flexibility index (Phi) is 3.57. The van der Waals surface area contributed by atoms with Gasteiger partial charge in [0.1, 0.15) is 17.1 Å². The molecule has 2 unspecified atom stereocenters. The molecule has 5 nitrogen and oxygen atoms in total. The topological polar surface area (TPSA) is 59.5 Å². The number of nitrogens with zero attached hydrogens (tertiary/aromatic N) is 2. The number of carbonyl (C=O) groups is 1. The van der Waals surface area contributed by atoms with E-state index in [-0.39, 0.29) is 11.9 Å². The summed E-state index contributed by atoms with van der Waals surface area (Å²) in [5, 5.41) is 3.89. The molecule has 0 bridgehead atoms. The zero-order valence-corrected chi connectivity index (χ0v) is 12.6. The van der Waals surface area contributed by atoms with Crippen LogP contribution in [0.4, 0.5) is 0 Å². The maximum Gasteiger partial charge on any atom is 0.259 e. The van der Waals surface area contributed by atoms with E-state index in [9.17, 15) is 4.79 Å². The Labute approximate surface area is 123 Å². The Bertz CT molecular complexity index is 610. The van der Waals surface area contributed by atoms with E-state index in [1.807, 2.05) is 17.0 Å². The molecule has 1 amide bonds. The first-order valence-corrected chi connectivity index (χ1v) is 7.35. The van der Waals surface area contributed by atoms with Gasteiger partial charge in [-0.2, -0.15) is 0 Å². The van der Waals surface area contributed by atoms with E-state index in [1.165, 1.54) is 0 Å². The van der Waals surface area contributed by atoms with Gasteiger partial charge in [0.15, 0.2) is 0 Å². The minimum absolute atomic E-state index is 0.00931.